The first-order chi connectivity index (χ1) is 4.72. The van der Waals surface area contributed by atoms with Crippen LogP contribution in [0, 0.1) is 0 Å². The molecule has 1 aliphatic rings. The van der Waals surface area contributed by atoms with Crippen LogP contribution < -0.4 is 5.73 Å². The average molecular weight is 155 g/mol. The Labute approximate surface area is 64.8 Å². The van der Waals surface area contributed by atoms with E-state index in [4.69, 9.17) is 5.73 Å². The molecule has 0 saturated heterocycles. The van der Waals surface area contributed by atoms with Crippen LogP contribution in [0.2, 0.25) is 13.1 Å². The van der Waals surface area contributed by atoms with E-state index in [1.807, 2.05) is 0 Å². The molecule has 0 radical (unpaired) electrons. The van der Waals surface area contributed by atoms with Gasteiger partial charge in [-0.1, -0.05) is 24.7 Å². The van der Waals surface area contributed by atoms with Gasteiger partial charge in [0.05, 0.1) is 0 Å². The maximum atomic E-state index is 5.97. The van der Waals surface area contributed by atoms with Gasteiger partial charge in [0, 0.05) is 14.5 Å². The first-order valence-corrected chi connectivity index (χ1v) is 6.63. The smallest absolute Gasteiger partial charge is 0.0213 e. The molecule has 1 nitrogen and oxygen atoms in total. The average Bonchev–Trinajstić information content (AvgIpc) is 1.88. The second-order valence-electron chi connectivity index (χ2n) is 3.38. The third-order valence-electron chi connectivity index (χ3n) is 2.30. The van der Waals surface area contributed by atoms with E-state index in [1.54, 1.807) is 5.17 Å². The molecule has 1 fully saturated rings. The van der Waals surface area contributed by atoms with Gasteiger partial charge < -0.3 is 5.73 Å². The van der Waals surface area contributed by atoms with Crippen molar-refractivity contribution in [2.75, 3.05) is 0 Å². The third-order valence-corrected chi connectivity index (χ3v) is 4.21. The fourth-order valence-corrected chi connectivity index (χ4v) is 3.22. The Morgan fingerprint density at radius 2 is 2.10 bits per heavy atom. The van der Waals surface area contributed by atoms with E-state index in [0.717, 1.165) is 0 Å². The molecule has 0 bridgehead atoms. The van der Waals surface area contributed by atoms with Crippen LogP contribution in [0.25, 0.3) is 0 Å². The summed E-state index contributed by atoms with van der Waals surface area (Å²) in [4.78, 5) is 0. The Balaban J connectivity index is 2.65. The molecule has 0 spiro atoms. The second-order valence-corrected chi connectivity index (χ2v) is 6.02. The van der Waals surface area contributed by atoms with Crippen LogP contribution in [0.4, 0.5) is 0 Å². The highest BCUT2D eigenvalue weighted by atomic mass is 28.2. The molecule has 0 aromatic rings. The topological polar surface area (TPSA) is 26.0 Å². The monoisotopic (exact) mass is 155 g/mol. The molecule has 2 N–H and O–H groups in total. The van der Waals surface area contributed by atoms with E-state index in [2.05, 4.69) is 13.1 Å². The summed E-state index contributed by atoms with van der Waals surface area (Å²) in [6.45, 7) is 4.70. The van der Waals surface area contributed by atoms with Gasteiger partial charge in [-0.15, -0.1) is 0 Å². The Morgan fingerprint density at radius 1 is 1.40 bits per heavy atom. The van der Waals surface area contributed by atoms with E-state index < -0.39 is 0 Å². The van der Waals surface area contributed by atoms with Gasteiger partial charge in [0.25, 0.3) is 0 Å². The molecule has 1 unspecified atom stereocenters. The van der Waals surface area contributed by atoms with E-state index in [1.165, 1.54) is 25.7 Å². The highest BCUT2D eigenvalue weighted by Gasteiger charge is 2.14. The first-order valence-electron chi connectivity index (χ1n) is 4.13. The van der Waals surface area contributed by atoms with Gasteiger partial charge in [-0.25, -0.2) is 0 Å². The van der Waals surface area contributed by atoms with Crippen LogP contribution >= 0.6 is 0 Å². The summed E-state index contributed by atoms with van der Waals surface area (Å²) in [5, 5.41) is 1.69. The SMILES string of the molecule is C[Si](C)=C1CCCCC1N. The molecule has 58 valence electrons. The highest BCUT2D eigenvalue weighted by Crippen LogP contribution is 2.13. The summed E-state index contributed by atoms with van der Waals surface area (Å²) in [6, 6.07) is 0.456. The predicted octanol–water partition coefficient (Wildman–Crippen LogP) is 1.40. The summed E-state index contributed by atoms with van der Waals surface area (Å²) < 4.78 is 0. The van der Waals surface area contributed by atoms with Crippen LogP contribution in [0.5, 0.6) is 0 Å². The van der Waals surface area contributed by atoms with Gasteiger partial charge in [-0.05, 0) is 19.3 Å². The second kappa shape index (κ2) is 3.44. The largest absolute Gasteiger partial charge is 0.325 e. The van der Waals surface area contributed by atoms with Crippen LogP contribution in [-0.4, -0.2) is 19.6 Å². The lowest BCUT2D eigenvalue weighted by atomic mass is 9.96. The Morgan fingerprint density at radius 3 is 2.50 bits per heavy atom. The van der Waals surface area contributed by atoms with Crippen LogP contribution in [0.15, 0.2) is 0 Å². The number of hydrogen-bond donors (Lipinski definition) is 1. The van der Waals surface area contributed by atoms with E-state index in [-0.39, 0.29) is 8.41 Å². The zero-order valence-corrected chi connectivity index (χ0v) is 7.98. The van der Waals surface area contributed by atoms with Crippen LogP contribution in [0.1, 0.15) is 25.7 Å². The molecule has 0 amide bonds. The lowest BCUT2D eigenvalue weighted by Crippen LogP contribution is -2.37. The van der Waals surface area contributed by atoms with Crippen molar-refractivity contribution in [2.24, 2.45) is 5.73 Å². The minimum atomic E-state index is -0.192. The van der Waals surface area contributed by atoms with Gasteiger partial charge in [0.15, 0.2) is 0 Å². The highest BCUT2D eigenvalue weighted by molar-refractivity contribution is 6.69. The Kier molecular flexibility index (Phi) is 2.80. The van der Waals surface area contributed by atoms with Gasteiger partial charge in [-0.2, -0.15) is 0 Å². The quantitative estimate of drug-likeness (QED) is 0.526. The van der Waals surface area contributed by atoms with Gasteiger partial charge in [0.1, 0.15) is 0 Å². The van der Waals surface area contributed by atoms with Crippen molar-refractivity contribution in [1.29, 1.82) is 0 Å². The van der Waals surface area contributed by atoms with E-state index in [0.29, 0.717) is 6.04 Å². The number of nitrogens with two attached hydrogens (primary N) is 1. The molecule has 10 heavy (non-hydrogen) atoms. The van der Waals surface area contributed by atoms with E-state index in [9.17, 15) is 0 Å². The van der Waals surface area contributed by atoms with Crippen molar-refractivity contribution in [1.82, 2.24) is 0 Å². The van der Waals surface area contributed by atoms with Crippen LogP contribution in [0.3, 0.4) is 0 Å². The summed E-state index contributed by atoms with van der Waals surface area (Å²) in [6.07, 6.45) is 5.30. The predicted molar refractivity (Wildman–Crippen MR) is 48.9 cm³/mol. The molecule has 0 heterocycles. The molecule has 0 aromatic heterocycles. The molecule has 1 atom stereocenters. The third kappa shape index (κ3) is 1.76. The Hall–Kier alpha value is 0.0469. The molecule has 1 aliphatic carbocycles. The van der Waals surface area contributed by atoms with Crippen molar-refractivity contribution in [3.8, 4) is 0 Å². The van der Waals surface area contributed by atoms with E-state index >= 15 is 0 Å². The summed E-state index contributed by atoms with van der Waals surface area (Å²) in [7, 11) is -0.192. The molecule has 0 aromatic carbocycles. The van der Waals surface area contributed by atoms with Gasteiger partial charge in [0.2, 0.25) is 0 Å². The minimum absolute atomic E-state index is 0.192. The molecule has 1 rings (SSSR count). The lowest BCUT2D eigenvalue weighted by molar-refractivity contribution is 0.614. The first kappa shape index (κ1) is 8.15. The van der Waals surface area contributed by atoms with Crippen molar-refractivity contribution in [2.45, 2.75) is 44.8 Å². The number of rotatable bonds is 0. The molecule has 0 aliphatic heterocycles. The molecular formula is C8H17NSi. The van der Waals surface area contributed by atoms with Crippen molar-refractivity contribution >= 4 is 13.6 Å². The molecule has 2 heteroatoms. The maximum Gasteiger partial charge on any atom is 0.0213 e. The lowest BCUT2D eigenvalue weighted by Gasteiger charge is -2.22. The van der Waals surface area contributed by atoms with Crippen LogP contribution in [-0.2, 0) is 0 Å². The van der Waals surface area contributed by atoms with Gasteiger partial charge >= 0.3 is 0 Å². The fourth-order valence-electron chi connectivity index (χ4n) is 1.66. The zero-order valence-electron chi connectivity index (χ0n) is 6.98. The maximum absolute atomic E-state index is 5.97. The molecule has 1 saturated carbocycles. The standard InChI is InChI=1S/C8H17NSi/c1-10(2)8-6-4-3-5-7(8)9/h7H,3-6,9H2,1-2H3. The summed E-state index contributed by atoms with van der Waals surface area (Å²) in [5.41, 5.74) is 5.97. The minimum Gasteiger partial charge on any atom is -0.325 e. The Bertz CT molecular complexity index is 147. The van der Waals surface area contributed by atoms with Crippen molar-refractivity contribution in [3.63, 3.8) is 0 Å². The van der Waals surface area contributed by atoms with Crippen molar-refractivity contribution < 1.29 is 0 Å². The normalized spacial score (nSPS) is 26.7. The number of hydrogen-bond acceptors (Lipinski definition) is 1. The van der Waals surface area contributed by atoms with Crippen molar-refractivity contribution in [3.05, 3.63) is 0 Å². The summed E-state index contributed by atoms with van der Waals surface area (Å²) in [5.74, 6) is 0. The fraction of sp³-hybridized carbons (Fsp3) is 0.875. The molecular weight excluding hydrogens is 138 g/mol. The zero-order chi connectivity index (χ0) is 7.56. The summed E-state index contributed by atoms with van der Waals surface area (Å²) >= 11 is 0. The van der Waals surface area contributed by atoms with Gasteiger partial charge in [-0.3, -0.25) is 0 Å².